The molecule has 0 saturated heterocycles. The van der Waals surface area contributed by atoms with E-state index in [9.17, 15) is 14.4 Å². The smallest absolute Gasteiger partial charge is 0.335 e. The van der Waals surface area contributed by atoms with E-state index >= 15 is 0 Å². The average molecular weight is 373 g/mol. The Morgan fingerprint density at radius 3 is 2.39 bits per heavy atom. The van der Waals surface area contributed by atoms with Crippen molar-refractivity contribution >= 4 is 28.4 Å². The average Bonchev–Trinajstić information content (AvgIpc) is 2.91. The second-order valence-corrected chi connectivity index (χ2v) is 7.52. The van der Waals surface area contributed by atoms with Gasteiger partial charge in [-0.25, -0.2) is 4.79 Å². The molecule has 0 bridgehead atoms. The third-order valence-corrected chi connectivity index (χ3v) is 5.33. The fraction of sp³-hybridized carbons (Fsp3) is 0.217. The van der Waals surface area contributed by atoms with E-state index in [0.29, 0.717) is 11.6 Å². The van der Waals surface area contributed by atoms with Crippen LogP contribution in [0.2, 0.25) is 0 Å². The Morgan fingerprint density at radius 2 is 1.71 bits per heavy atom. The Labute approximate surface area is 162 Å². The van der Waals surface area contributed by atoms with E-state index in [2.05, 4.69) is 24.9 Å². The van der Waals surface area contributed by atoms with Gasteiger partial charge in [0.25, 0.3) is 0 Å². The van der Waals surface area contributed by atoms with Crippen molar-refractivity contribution in [1.82, 2.24) is 4.98 Å². The largest absolute Gasteiger partial charge is 0.478 e. The first-order chi connectivity index (χ1) is 13.3. The maximum atomic E-state index is 13.0. The molecule has 5 heteroatoms. The minimum Gasteiger partial charge on any atom is -0.478 e. The number of nitrogens with zero attached hydrogens (tertiary/aromatic N) is 1. The number of hydrogen-bond donors (Lipinski definition) is 1. The van der Waals surface area contributed by atoms with Crippen molar-refractivity contribution in [2.24, 2.45) is 0 Å². The lowest BCUT2D eigenvalue weighted by Gasteiger charge is -2.13. The van der Waals surface area contributed by atoms with Crippen LogP contribution in [0.5, 0.6) is 0 Å². The molecule has 4 rings (SSSR count). The highest BCUT2D eigenvalue weighted by Gasteiger charge is 2.41. The fourth-order valence-electron chi connectivity index (χ4n) is 3.74. The summed E-state index contributed by atoms with van der Waals surface area (Å²) in [5.41, 5.74) is 3.54. The number of pyridine rings is 1. The van der Waals surface area contributed by atoms with Gasteiger partial charge >= 0.3 is 5.97 Å². The Bertz CT molecular complexity index is 1180. The third-order valence-electron chi connectivity index (χ3n) is 5.33. The predicted octanol–water partition coefficient (Wildman–Crippen LogP) is 4.53. The lowest BCUT2D eigenvalue weighted by Crippen LogP contribution is -2.16. The maximum absolute atomic E-state index is 13.0. The number of hydrogen-bond acceptors (Lipinski definition) is 4. The van der Waals surface area contributed by atoms with Crippen LogP contribution in [0, 0.1) is 6.92 Å². The highest BCUT2D eigenvalue weighted by atomic mass is 16.4. The van der Waals surface area contributed by atoms with Gasteiger partial charge in [0.15, 0.2) is 11.6 Å². The van der Waals surface area contributed by atoms with E-state index in [1.54, 1.807) is 0 Å². The number of benzene rings is 2. The molecule has 0 spiro atoms. The number of Topliss-reactive ketones (excluding diaryl/α,β-unsaturated/α-hetero) is 2. The number of aromatic nitrogens is 1. The molecular weight excluding hydrogens is 354 g/mol. The van der Waals surface area contributed by atoms with Crippen LogP contribution in [0.15, 0.2) is 42.5 Å². The van der Waals surface area contributed by atoms with Crippen LogP contribution in [-0.4, -0.2) is 27.6 Å². The Hall–Kier alpha value is -3.34. The molecule has 140 valence electrons. The summed E-state index contributed by atoms with van der Waals surface area (Å²) in [5, 5.41) is 10.1. The van der Waals surface area contributed by atoms with Crippen molar-refractivity contribution in [2.45, 2.75) is 32.6 Å². The molecule has 2 aromatic carbocycles. The molecule has 1 unspecified atom stereocenters. The number of ketones is 2. The molecule has 3 aromatic rings. The van der Waals surface area contributed by atoms with Gasteiger partial charge in [0.1, 0.15) is 5.92 Å². The van der Waals surface area contributed by atoms with Crippen molar-refractivity contribution in [1.29, 1.82) is 0 Å². The van der Waals surface area contributed by atoms with Gasteiger partial charge in [0.2, 0.25) is 0 Å². The highest BCUT2D eigenvalue weighted by molar-refractivity contribution is 6.30. The van der Waals surface area contributed by atoms with Crippen molar-refractivity contribution < 1.29 is 19.5 Å². The first-order valence-corrected chi connectivity index (χ1v) is 9.15. The van der Waals surface area contributed by atoms with E-state index in [4.69, 9.17) is 5.11 Å². The lowest BCUT2D eigenvalue weighted by molar-refractivity contribution is 0.0696. The standard InChI is InChI=1S/C23H19NO4/c1-11(2)13-5-7-18-15(9-13)8-12(3)20(24-18)19-21(25)16-6-4-14(23(27)28)10-17(16)22(19)26/h4-11,19H,1-3H3,(H,27,28). The van der Waals surface area contributed by atoms with Crippen LogP contribution < -0.4 is 0 Å². The van der Waals surface area contributed by atoms with Crippen LogP contribution in [0.3, 0.4) is 0 Å². The van der Waals surface area contributed by atoms with Crippen LogP contribution >= 0.6 is 0 Å². The SMILES string of the molecule is Cc1cc2cc(C(C)C)ccc2nc1C1C(=O)c2ccc(C(=O)O)cc2C1=O. The molecule has 1 aliphatic carbocycles. The van der Waals surface area contributed by atoms with Crippen molar-refractivity contribution in [2.75, 3.05) is 0 Å². The summed E-state index contributed by atoms with van der Waals surface area (Å²) >= 11 is 0. The van der Waals surface area contributed by atoms with E-state index in [-0.39, 0.29) is 22.5 Å². The zero-order chi connectivity index (χ0) is 20.2. The van der Waals surface area contributed by atoms with Crippen molar-refractivity contribution in [3.8, 4) is 0 Å². The monoisotopic (exact) mass is 373 g/mol. The van der Waals surface area contributed by atoms with Gasteiger partial charge in [-0.05, 0) is 60.4 Å². The number of carboxylic acids is 1. The minimum atomic E-state index is -1.13. The third kappa shape index (κ3) is 2.71. The van der Waals surface area contributed by atoms with Crippen molar-refractivity contribution in [3.63, 3.8) is 0 Å². The molecule has 0 fully saturated rings. The maximum Gasteiger partial charge on any atom is 0.335 e. The summed E-state index contributed by atoms with van der Waals surface area (Å²) in [5.74, 6) is -2.48. The predicted molar refractivity (Wildman–Crippen MR) is 105 cm³/mol. The summed E-state index contributed by atoms with van der Waals surface area (Å²) < 4.78 is 0. The summed E-state index contributed by atoms with van der Waals surface area (Å²) in [7, 11) is 0. The van der Waals surface area contributed by atoms with E-state index in [0.717, 1.165) is 16.5 Å². The van der Waals surface area contributed by atoms with Crippen LogP contribution in [0.25, 0.3) is 10.9 Å². The summed E-state index contributed by atoms with van der Waals surface area (Å²) in [4.78, 5) is 41.7. The van der Waals surface area contributed by atoms with Crippen molar-refractivity contribution in [3.05, 3.63) is 76.0 Å². The highest BCUT2D eigenvalue weighted by Crippen LogP contribution is 2.36. The van der Waals surface area contributed by atoms with Crippen LogP contribution in [0.4, 0.5) is 0 Å². The van der Waals surface area contributed by atoms with Gasteiger partial charge in [0, 0.05) is 16.5 Å². The van der Waals surface area contributed by atoms with Crippen LogP contribution in [0.1, 0.15) is 73.6 Å². The van der Waals surface area contributed by atoms with Gasteiger partial charge in [-0.1, -0.05) is 19.9 Å². The minimum absolute atomic E-state index is 0.00930. The summed E-state index contributed by atoms with van der Waals surface area (Å²) in [6.07, 6.45) is 0. The quantitative estimate of drug-likeness (QED) is 0.682. The molecule has 0 saturated carbocycles. The molecule has 28 heavy (non-hydrogen) atoms. The van der Waals surface area contributed by atoms with Gasteiger partial charge in [-0.15, -0.1) is 0 Å². The first-order valence-electron chi connectivity index (χ1n) is 9.15. The van der Waals surface area contributed by atoms with E-state index < -0.39 is 17.7 Å². The zero-order valence-electron chi connectivity index (χ0n) is 15.8. The van der Waals surface area contributed by atoms with Gasteiger partial charge in [0.05, 0.1) is 16.8 Å². The number of aryl methyl sites for hydroxylation is 1. The van der Waals surface area contributed by atoms with Crippen LogP contribution in [-0.2, 0) is 0 Å². The molecule has 0 radical (unpaired) electrons. The number of carboxylic acid groups (broad SMARTS) is 1. The van der Waals surface area contributed by atoms with Gasteiger partial charge in [-0.2, -0.15) is 0 Å². The summed E-state index contributed by atoms with van der Waals surface area (Å²) in [6, 6.07) is 12.0. The Balaban J connectivity index is 1.82. The number of carbonyl (C=O) groups is 3. The number of fused-ring (bicyclic) bond motifs is 2. The topological polar surface area (TPSA) is 84.3 Å². The Kier molecular flexibility index (Phi) is 4.11. The summed E-state index contributed by atoms with van der Waals surface area (Å²) in [6.45, 7) is 6.08. The first kappa shape index (κ1) is 18.0. The Morgan fingerprint density at radius 1 is 1.00 bits per heavy atom. The molecule has 0 aliphatic heterocycles. The number of carbonyl (C=O) groups excluding carboxylic acids is 2. The normalized spacial score (nSPS) is 16.1. The lowest BCUT2D eigenvalue weighted by atomic mass is 9.93. The van der Waals surface area contributed by atoms with E-state index in [1.165, 1.54) is 23.8 Å². The van der Waals surface area contributed by atoms with Gasteiger partial charge < -0.3 is 5.11 Å². The molecule has 1 N–H and O–H groups in total. The molecular formula is C23H19NO4. The molecule has 1 heterocycles. The van der Waals surface area contributed by atoms with E-state index in [1.807, 2.05) is 25.1 Å². The molecule has 1 aliphatic rings. The zero-order valence-corrected chi connectivity index (χ0v) is 15.8. The molecule has 1 atom stereocenters. The molecule has 5 nitrogen and oxygen atoms in total. The second kappa shape index (κ2) is 6.37. The number of aromatic carboxylic acids is 1. The fourth-order valence-corrected chi connectivity index (χ4v) is 3.74. The number of rotatable bonds is 3. The molecule has 0 amide bonds. The molecule has 1 aromatic heterocycles. The second-order valence-electron chi connectivity index (χ2n) is 7.52. The van der Waals surface area contributed by atoms with Gasteiger partial charge in [-0.3, -0.25) is 14.6 Å².